The van der Waals surface area contributed by atoms with E-state index in [1.807, 2.05) is 0 Å². The Bertz CT molecular complexity index is 6010. The zero-order valence-corrected chi connectivity index (χ0v) is 63.1. The first-order valence-electron chi connectivity index (χ1n) is 37.9. The zero-order valence-electron chi connectivity index (χ0n) is 60.1. The summed E-state index contributed by atoms with van der Waals surface area (Å²) in [5.74, 6) is 0. The van der Waals surface area contributed by atoms with Gasteiger partial charge in [-0.25, -0.2) is 0 Å². The summed E-state index contributed by atoms with van der Waals surface area (Å²) in [5.41, 5.74) is 16.1. The topological polar surface area (TPSA) is 11.4 Å². The molecule has 20 rings (SSSR count). The molecule has 3 nitrogen and oxygen atoms in total. The van der Waals surface area contributed by atoms with Crippen LogP contribution in [0.5, 0.6) is 0 Å². The Labute approximate surface area is 641 Å². The van der Waals surface area contributed by atoms with Crippen molar-refractivity contribution in [1.82, 2.24) is 4.57 Å². The van der Waals surface area contributed by atoms with E-state index in [1.54, 1.807) is 0 Å². The summed E-state index contributed by atoms with van der Waals surface area (Å²) in [5, 5.41) is 18.2. The molecule has 109 heavy (non-hydrogen) atoms. The SMILES string of the molecule is c1ccc(-c2ccccc2N2c3cc([Si](c4ccccc4)(c4ccccc4)c4ccccc4)ccc3B3c4ccc([Si](c5ccccc5)(c5ccccc5)c5ccccc5)cc4N(c4cccc([Si](c5ccccc5)(c5ccccc5)c5ccccc5)c4)c4cc(-n5c6ccccc6c6ccccc65)cc2c43)cc1. The molecule has 0 spiro atoms. The lowest BCUT2D eigenvalue weighted by Gasteiger charge is -2.46. The first-order chi connectivity index (χ1) is 54.1. The van der Waals surface area contributed by atoms with Crippen LogP contribution in [-0.2, 0) is 0 Å². The summed E-state index contributed by atoms with van der Waals surface area (Å²) in [4.78, 5) is 5.41. The first-order valence-corrected chi connectivity index (χ1v) is 43.9. The molecule has 2 aliphatic rings. The number of aromatic nitrogens is 1. The lowest BCUT2D eigenvalue weighted by Crippen LogP contribution is -2.75. The Morgan fingerprint density at radius 1 is 0.193 bits per heavy atom. The van der Waals surface area contributed by atoms with Gasteiger partial charge in [0.15, 0.2) is 24.2 Å². The second-order valence-corrected chi connectivity index (χ2v) is 40.3. The molecule has 1 aromatic heterocycles. The van der Waals surface area contributed by atoms with E-state index in [0.717, 1.165) is 62.0 Å². The monoisotopic (exact) mass is 1440 g/mol. The van der Waals surface area contributed by atoms with Gasteiger partial charge in [0.05, 0.1) is 22.4 Å². The van der Waals surface area contributed by atoms with Crippen molar-refractivity contribution in [3.05, 3.63) is 449 Å². The molecule has 0 bridgehead atoms. The minimum atomic E-state index is -3.22. The van der Waals surface area contributed by atoms with Gasteiger partial charge in [0.25, 0.3) is 6.71 Å². The fraction of sp³-hybridized carbons (Fsp3) is 0. The second-order valence-electron chi connectivity index (χ2n) is 28.9. The van der Waals surface area contributed by atoms with Gasteiger partial charge in [0, 0.05) is 44.8 Å². The Balaban J connectivity index is 0.966. The van der Waals surface area contributed by atoms with Gasteiger partial charge in [-0.15, -0.1) is 0 Å². The molecule has 0 atom stereocenters. The molecule has 3 heterocycles. The lowest BCUT2D eigenvalue weighted by atomic mass is 9.33. The molecule has 0 saturated carbocycles. The maximum Gasteiger partial charge on any atom is 0.252 e. The number of benzene rings is 17. The molecule has 0 fully saturated rings. The van der Waals surface area contributed by atoms with Crippen molar-refractivity contribution in [2.45, 2.75) is 0 Å². The van der Waals surface area contributed by atoms with E-state index in [2.05, 4.69) is 463 Å². The van der Waals surface area contributed by atoms with Crippen LogP contribution in [0.25, 0.3) is 38.6 Å². The van der Waals surface area contributed by atoms with Crippen LogP contribution in [0.4, 0.5) is 34.1 Å². The van der Waals surface area contributed by atoms with E-state index in [4.69, 9.17) is 0 Å². The van der Waals surface area contributed by atoms with Crippen molar-refractivity contribution in [1.29, 1.82) is 0 Å². The molecule has 0 saturated heterocycles. The van der Waals surface area contributed by atoms with E-state index < -0.39 is 24.2 Å². The van der Waals surface area contributed by atoms with Crippen LogP contribution >= 0.6 is 0 Å². The van der Waals surface area contributed by atoms with E-state index in [-0.39, 0.29) is 6.71 Å². The third-order valence-corrected chi connectivity index (χ3v) is 37.7. The van der Waals surface area contributed by atoms with Crippen LogP contribution < -0.4 is 88.4 Å². The summed E-state index contributed by atoms with van der Waals surface area (Å²) >= 11 is 0. The predicted molar refractivity (Wildman–Crippen MR) is 471 cm³/mol. The summed E-state index contributed by atoms with van der Waals surface area (Å²) in [7, 11) is -9.55. The number of rotatable bonds is 16. The summed E-state index contributed by atoms with van der Waals surface area (Å²) in [6.07, 6.45) is 0. The van der Waals surface area contributed by atoms with Crippen LogP contribution in [0.2, 0.25) is 0 Å². The number of hydrogen-bond acceptors (Lipinski definition) is 2. The van der Waals surface area contributed by atoms with E-state index >= 15 is 0 Å². The zero-order chi connectivity index (χ0) is 72.3. The molecular formula is C102H74BN3Si3. The molecule has 17 aromatic carbocycles. The normalized spacial score (nSPS) is 12.5. The fourth-order valence-electron chi connectivity index (χ4n) is 18.9. The van der Waals surface area contributed by atoms with Gasteiger partial charge in [0.1, 0.15) is 0 Å². The number of nitrogens with zero attached hydrogens (tertiary/aromatic N) is 3. The van der Waals surface area contributed by atoms with Gasteiger partial charge in [-0.3, -0.25) is 0 Å². The highest BCUT2D eigenvalue weighted by Gasteiger charge is 2.50. The van der Waals surface area contributed by atoms with Gasteiger partial charge in [-0.05, 0) is 139 Å². The van der Waals surface area contributed by atoms with Gasteiger partial charge in [0.2, 0.25) is 0 Å². The third-order valence-electron chi connectivity index (χ3n) is 23.4. The summed E-state index contributed by atoms with van der Waals surface area (Å²) in [6.45, 7) is -0.265. The maximum atomic E-state index is 2.72. The van der Waals surface area contributed by atoms with Crippen LogP contribution in [0.15, 0.2) is 449 Å². The molecule has 7 heteroatoms. The Morgan fingerprint density at radius 2 is 0.495 bits per heavy atom. The predicted octanol–water partition coefficient (Wildman–Crippen LogP) is 14.7. The van der Waals surface area contributed by atoms with E-state index in [0.29, 0.717) is 0 Å². The summed E-state index contributed by atoms with van der Waals surface area (Å²) in [6, 6.07) is 172. The van der Waals surface area contributed by atoms with Gasteiger partial charge in [-0.2, -0.15) is 0 Å². The lowest BCUT2D eigenvalue weighted by molar-refractivity contribution is 1.16. The molecule has 18 aromatic rings. The van der Waals surface area contributed by atoms with E-state index in [9.17, 15) is 0 Å². The van der Waals surface area contributed by atoms with Crippen molar-refractivity contribution >= 4 is 165 Å². The van der Waals surface area contributed by atoms with Crippen LogP contribution in [0, 0.1) is 0 Å². The van der Waals surface area contributed by atoms with Gasteiger partial charge >= 0.3 is 0 Å². The average Bonchev–Trinajstić information content (AvgIpc) is 1.61. The number of fused-ring (bicyclic) bond motifs is 7. The minimum Gasteiger partial charge on any atom is -0.311 e. The second kappa shape index (κ2) is 27.3. The Morgan fingerprint density at radius 3 is 0.881 bits per heavy atom. The molecular weight excluding hydrogens is 1360 g/mol. The van der Waals surface area contributed by atoms with Gasteiger partial charge in [-0.1, -0.05) is 394 Å². The van der Waals surface area contributed by atoms with Crippen molar-refractivity contribution in [3.8, 4) is 16.8 Å². The van der Waals surface area contributed by atoms with Crippen LogP contribution in [0.3, 0.4) is 0 Å². The highest BCUT2D eigenvalue weighted by atomic mass is 28.3. The largest absolute Gasteiger partial charge is 0.311 e. The standard InChI is InChI=1S/C102H74BN3Si3/c1-11-38-75(39-12-1)90-60-31-34-63-95(90)106-99-74-89(109(84-53-25-8-26-54-84,85-55-27-9-28-56-85)86-57-29-10-30-58-86)67-69-94(99)103-93-68-66-88(108(81-47-19-5-20-48-81,82-49-21-6-22-50-82)83-51-23-7-24-52-83)73-98(93)104(100-71-77(72-101(106)102(100)103)105-96-64-35-32-61-91(96)92-62-33-36-65-97(92)105)76-40-37-59-87(70-76)107(78-41-13-2-14-42-78,79-43-15-3-16-44-79)80-45-17-4-18-46-80/h1-74H. The number of hydrogen-bond donors (Lipinski definition) is 0. The van der Waals surface area contributed by atoms with Crippen molar-refractivity contribution < 1.29 is 0 Å². The van der Waals surface area contributed by atoms with Gasteiger partial charge < -0.3 is 14.4 Å². The molecule has 0 unspecified atom stereocenters. The number of para-hydroxylation sites is 3. The summed E-state index contributed by atoms with van der Waals surface area (Å²) < 4.78 is 2.55. The molecule has 512 valence electrons. The Kier molecular flexibility index (Phi) is 16.4. The number of anilines is 6. The van der Waals surface area contributed by atoms with E-state index in [1.165, 1.54) is 89.4 Å². The molecule has 0 amide bonds. The highest BCUT2D eigenvalue weighted by molar-refractivity contribution is 7.21. The van der Waals surface area contributed by atoms with Crippen molar-refractivity contribution in [2.75, 3.05) is 9.80 Å². The van der Waals surface area contributed by atoms with Crippen molar-refractivity contribution in [2.24, 2.45) is 0 Å². The molecule has 0 aliphatic carbocycles. The Hall–Kier alpha value is -13.1. The van der Waals surface area contributed by atoms with Crippen LogP contribution in [0.1, 0.15) is 0 Å². The molecule has 2 aliphatic heterocycles. The first kappa shape index (κ1) is 65.4. The van der Waals surface area contributed by atoms with Crippen LogP contribution in [-0.4, -0.2) is 35.5 Å². The fourth-order valence-corrected chi connectivity index (χ4v) is 33.2. The average molecular weight is 1440 g/mol. The maximum absolute atomic E-state index is 3.22. The third kappa shape index (κ3) is 10.4. The quantitative estimate of drug-likeness (QED) is 0.0706. The molecule has 0 radical (unpaired) electrons. The smallest absolute Gasteiger partial charge is 0.252 e. The van der Waals surface area contributed by atoms with Crippen molar-refractivity contribution in [3.63, 3.8) is 0 Å². The molecule has 0 N–H and O–H groups in total. The highest BCUT2D eigenvalue weighted by Crippen LogP contribution is 2.48. The minimum absolute atomic E-state index is 0.265.